The van der Waals surface area contributed by atoms with E-state index >= 15 is 0 Å². The van der Waals surface area contributed by atoms with Crippen LogP contribution in [0.25, 0.3) is 0 Å². The van der Waals surface area contributed by atoms with Gasteiger partial charge in [0.05, 0.1) is 5.75 Å². The van der Waals surface area contributed by atoms with Crippen molar-refractivity contribution < 1.29 is 8.42 Å². The molecule has 0 spiro atoms. The smallest absolute Gasteiger partial charge is 0.210 e. The molecule has 3 N–H and O–H groups in total. The third kappa shape index (κ3) is 5.79. The molecule has 1 fully saturated rings. The van der Waals surface area contributed by atoms with Crippen molar-refractivity contribution in [1.82, 2.24) is 10.2 Å². The van der Waals surface area contributed by atoms with Crippen molar-refractivity contribution in [2.75, 3.05) is 32.4 Å². The van der Waals surface area contributed by atoms with Gasteiger partial charge in [-0.1, -0.05) is 12.8 Å². The standard InChI is InChI=1S/C10H23N3O2S/c1-13(10-4-2-3-5-10)8-6-12-7-9-16(11,14)15/h10,12H,2-9H2,1H3,(H2,11,14,15). The van der Waals surface area contributed by atoms with Crippen LogP contribution >= 0.6 is 0 Å². The summed E-state index contributed by atoms with van der Waals surface area (Å²) >= 11 is 0. The molecule has 0 bridgehead atoms. The molecule has 1 rings (SSSR count). The van der Waals surface area contributed by atoms with Gasteiger partial charge in [0, 0.05) is 25.7 Å². The molecule has 0 aromatic carbocycles. The highest BCUT2D eigenvalue weighted by atomic mass is 32.2. The second-order valence-electron chi connectivity index (χ2n) is 4.54. The second-order valence-corrected chi connectivity index (χ2v) is 6.27. The molecule has 0 saturated heterocycles. The fraction of sp³-hybridized carbons (Fsp3) is 1.00. The zero-order valence-electron chi connectivity index (χ0n) is 9.98. The van der Waals surface area contributed by atoms with E-state index in [0.717, 1.165) is 19.1 Å². The maximum Gasteiger partial charge on any atom is 0.210 e. The molecule has 0 unspecified atom stereocenters. The zero-order chi connectivity index (χ0) is 12.0. The molecule has 0 aromatic rings. The van der Waals surface area contributed by atoms with E-state index in [1.165, 1.54) is 25.7 Å². The van der Waals surface area contributed by atoms with Crippen molar-refractivity contribution in [3.63, 3.8) is 0 Å². The Morgan fingerprint density at radius 3 is 2.50 bits per heavy atom. The molecular weight excluding hydrogens is 226 g/mol. The van der Waals surface area contributed by atoms with Crippen molar-refractivity contribution in [3.8, 4) is 0 Å². The van der Waals surface area contributed by atoms with Gasteiger partial charge in [0.25, 0.3) is 0 Å². The lowest BCUT2D eigenvalue weighted by molar-refractivity contribution is 0.246. The Morgan fingerprint density at radius 1 is 1.31 bits per heavy atom. The Kier molecular flexibility index (Phi) is 5.68. The predicted molar refractivity (Wildman–Crippen MR) is 65.7 cm³/mol. The van der Waals surface area contributed by atoms with Crippen LogP contribution in [0.5, 0.6) is 0 Å². The fourth-order valence-electron chi connectivity index (χ4n) is 2.12. The number of sulfonamides is 1. The number of hydrogen-bond acceptors (Lipinski definition) is 4. The SMILES string of the molecule is CN(CCNCCS(N)(=O)=O)C1CCCC1. The Balaban J connectivity index is 2.02. The lowest BCUT2D eigenvalue weighted by Gasteiger charge is -2.23. The van der Waals surface area contributed by atoms with E-state index in [-0.39, 0.29) is 5.75 Å². The van der Waals surface area contributed by atoms with Crippen LogP contribution in [-0.4, -0.2) is 51.8 Å². The summed E-state index contributed by atoms with van der Waals surface area (Å²) in [5, 5.41) is 7.99. The van der Waals surface area contributed by atoms with Gasteiger partial charge in [0.15, 0.2) is 0 Å². The molecule has 16 heavy (non-hydrogen) atoms. The number of nitrogens with two attached hydrogens (primary N) is 1. The quantitative estimate of drug-likeness (QED) is 0.610. The molecule has 0 atom stereocenters. The van der Waals surface area contributed by atoms with E-state index in [2.05, 4.69) is 17.3 Å². The van der Waals surface area contributed by atoms with Crippen molar-refractivity contribution in [3.05, 3.63) is 0 Å². The predicted octanol–water partition coefficient (Wildman–Crippen LogP) is -0.261. The van der Waals surface area contributed by atoms with Gasteiger partial charge in [-0.05, 0) is 19.9 Å². The van der Waals surface area contributed by atoms with Crippen LogP contribution in [0.1, 0.15) is 25.7 Å². The lowest BCUT2D eigenvalue weighted by Crippen LogP contribution is -2.37. The van der Waals surface area contributed by atoms with Crippen molar-refractivity contribution in [1.29, 1.82) is 0 Å². The van der Waals surface area contributed by atoms with E-state index in [4.69, 9.17) is 5.14 Å². The van der Waals surface area contributed by atoms with Gasteiger partial charge in [-0.15, -0.1) is 0 Å². The van der Waals surface area contributed by atoms with Crippen LogP contribution in [0.2, 0.25) is 0 Å². The minimum absolute atomic E-state index is 0.0140. The van der Waals surface area contributed by atoms with Gasteiger partial charge >= 0.3 is 0 Å². The molecule has 5 nitrogen and oxygen atoms in total. The van der Waals surface area contributed by atoms with Gasteiger partial charge < -0.3 is 10.2 Å². The number of primary sulfonamides is 1. The molecule has 1 aliphatic rings. The highest BCUT2D eigenvalue weighted by Crippen LogP contribution is 2.21. The van der Waals surface area contributed by atoms with Gasteiger partial charge in [0.1, 0.15) is 0 Å². The largest absolute Gasteiger partial charge is 0.314 e. The van der Waals surface area contributed by atoms with Crippen LogP contribution in [0.4, 0.5) is 0 Å². The maximum atomic E-state index is 10.7. The molecule has 0 aromatic heterocycles. The minimum atomic E-state index is -3.32. The van der Waals surface area contributed by atoms with Gasteiger partial charge in [-0.3, -0.25) is 0 Å². The molecule has 0 heterocycles. The molecule has 0 amide bonds. The first-order valence-electron chi connectivity index (χ1n) is 5.90. The van der Waals surface area contributed by atoms with Crippen LogP contribution < -0.4 is 10.5 Å². The van der Waals surface area contributed by atoms with E-state index < -0.39 is 10.0 Å². The third-order valence-corrected chi connectivity index (χ3v) is 3.93. The van der Waals surface area contributed by atoms with E-state index in [9.17, 15) is 8.42 Å². The zero-order valence-corrected chi connectivity index (χ0v) is 10.8. The molecule has 1 aliphatic carbocycles. The molecule has 6 heteroatoms. The summed E-state index contributed by atoms with van der Waals surface area (Å²) in [6.45, 7) is 2.23. The summed E-state index contributed by atoms with van der Waals surface area (Å²) in [5.41, 5.74) is 0. The highest BCUT2D eigenvalue weighted by molar-refractivity contribution is 7.89. The first-order chi connectivity index (χ1) is 7.49. The van der Waals surface area contributed by atoms with Gasteiger partial charge in [-0.25, -0.2) is 13.6 Å². The summed E-state index contributed by atoms with van der Waals surface area (Å²) in [6.07, 6.45) is 5.28. The van der Waals surface area contributed by atoms with Crippen LogP contribution in [0.15, 0.2) is 0 Å². The summed E-state index contributed by atoms with van der Waals surface area (Å²) in [7, 11) is -1.18. The molecule has 0 radical (unpaired) electrons. The Hall–Kier alpha value is -0.170. The first kappa shape index (κ1) is 13.9. The molecule has 96 valence electrons. The number of hydrogen-bond donors (Lipinski definition) is 2. The number of rotatable bonds is 7. The number of nitrogens with one attached hydrogen (secondary N) is 1. The number of likely N-dealkylation sites (N-methyl/N-ethyl adjacent to an activating group) is 1. The molecule has 1 saturated carbocycles. The van der Waals surface area contributed by atoms with Gasteiger partial charge in [-0.2, -0.15) is 0 Å². The number of nitrogens with zero attached hydrogens (tertiary/aromatic N) is 1. The Morgan fingerprint density at radius 2 is 1.94 bits per heavy atom. The Labute approximate surface area is 98.4 Å². The highest BCUT2D eigenvalue weighted by Gasteiger charge is 2.18. The van der Waals surface area contributed by atoms with Crippen LogP contribution in [0.3, 0.4) is 0 Å². The Bertz CT molecular complexity index is 286. The first-order valence-corrected chi connectivity index (χ1v) is 7.62. The van der Waals surface area contributed by atoms with E-state index in [1.807, 2.05) is 0 Å². The topological polar surface area (TPSA) is 75.4 Å². The van der Waals surface area contributed by atoms with E-state index in [0.29, 0.717) is 6.54 Å². The average molecular weight is 249 g/mol. The average Bonchev–Trinajstić information content (AvgIpc) is 2.67. The second kappa shape index (κ2) is 6.54. The van der Waals surface area contributed by atoms with Crippen molar-refractivity contribution in [2.24, 2.45) is 5.14 Å². The summed E-state index contributed by atoms with van der Waals surface area (Å²) in [4.78, 5) is 2.36. The summed E-state index contributed by atoms with van der Waals surface area (Å²) in [6, 6.07) is 0.722. The van der Waals surface area contributed by atoms with Crippen molar-refractivity contribution >= 4 is 10.0 Å². The van der Waals surface area contributed by atoms with E-state index in [1.54, 1.807) is 0 Å². The van der Waals surface area contributed by atoms with Crippen molar-refractivity contribution in [2.45, 2.75) is 31.7 Å². The van der Waals surface area contributed by atoms with Crippen LogP contribution in [-0.2, 0) is 10.0 Å². The minimum Gasteiger partial charge on any atom is -0.314 e. The maximum absolute atomic E-state index is 10.7. The van der Waals surface area contributed by atoms with Crippen LogP contribution in [0, 0.1) is 0 Å². The summed E-state index contributed by atoms with van der Waals surface area (Å²) < 4.78 is 21.3. The molecule has 0 aliphatic heterocycles. The van der Waals surface area contributed by atoms with Gasteiger partial charge in [0.2, 0.25) is 10.0 Å². The normalized spacial score (nSPS) is 18.4. The summed E-state index contributed by atoms with van der Waals surface area (Å²) in [5.74, 6) is 0.0140. The third-order valence-electron chi connectivity index (χ3n) is 3.15. The lowest BCUT2D eigenvalue weighted by atomic mass is 10.2. The molecular formula is C10H23N3O2S. The fourth-order valence-corrected chi connectivity index (χ4v) is 2.55. The monoisotopic (exact) mass is 249 g/mol.